The molecule has 6 heteroatoms. The summed E-state index contributed by atoms with van der Waals surface area (Å²) in [5.74, 6) is 1.59. The van der Waals surface area contributed by atoms with E-state index in [4.69, 9.17) is 4.74 Å². The van der Waals surface area contributed by atoms with Crippen molar-refractivity contribution >= 4 is 11.6 Å². The summed E-state index contributed by atoms with van der Waals surface area (Å²) in [6.45, 7) is 4.79. The predicted molar refractivity (Wildman–Crippen MR) is 67.6 cm³/mol. The molecule has 3 rings (SSSR count). The average Bonchev–Trinajstić information content (AvgIpc) is 2.74. The van der Waals surface area contributed by atoms with Crippen molar-refractivity contribution in [1.29, 1.82) is 0 Å². The van der Waals surface area contributed by atoms with Crippen LogP contribution in [0.5, 0.6) is 0 Å². The van der Waals surface area contributed by atoms with Crippen molar-refractivity contribution in [2.24, 2.45) is 0 Å². The summed E-state index contributed by atoms with van der Waals surface area (Å²) in [5, 5.41) is 7.65. The molecule has 0 bridgehead atoms. The van der Waals surface area contributed by atoms with Crippen molar-refractivity contribution in [2.75, 3.05) is 11.9 Å². The highest BCUT2D eigenvalue weighted by molar-refractivity contribution is 5.45. The Labute approximate surface area is 105 Å². The molecule has 0 radical (unpaired) electrons. The Morgan fingerprint density at radius 1 is 1.50 bits per heavy atom. The molecule has 0 spiro atoms. The molecule has 6 nitrogen and oxygen atoms in total. The summed E-state index contributed by atoms with van der Waals surface area (Å²) in [4.78, 5) is 8.43. The first-order valence-corrected chi connectivity index (χ1v) is 6.31. The quantitative estimate of drug-likeness (QED) is 0.885. The first kappa shape index (κ1) is 11.4. The van der Waals surface area contributed by atoms with Gasteiger partial charge in [-0.3, -0.25) is 0 Å². The van der Waals surface area contributed by atoms with Crippen LogP contribution in [0.4, 0.5) is 5.82 Å². The van der Waals surface area contributed by atoms with E-state index in [-0.39, 0.29) is 0 Å². The zero-order valence-corrected chi connectivity index (χ0v) is 10.6. The fourth-order valence-electron chi connectivity index (χ4n) is 2.30. The van der Waals surface area contributed by atoms with Crippen LogP contribution in [0.25, 0.3) is 5.78 Å². The van der Waals surface area contributed by atoms with Crippen LogP contribution in [0.15, 0.2) is 12.4 Å². The maximum atomic E-state index is 5.55. The summed E-state index contributed by atoms with van der Waals surface area (Å²) in [6.07, 6.45) is 4.02. The number of rotatable bonds is 4. The van der Waals surface area contributed by atoms with Crippen LogP contribution < -0.4 is 5.32 Å². The molecule has 0 amide bonds. The molecule has 0 unspecified atom stereocenters. The second-order valence-electron chi connectivity index (χ2n) is 4.64. The monoisotopic (exact) mass is 247 g/mol. The zero-order chi connectivity index (χ0) is 12.5. The summed E-state index contributed by atoms with van der Waals surface area (Å²) in [6, 6.07) is 2.45. The SMILES string of the molecule is CCOC1CC(Nc2cc(C)nc3ncnn23)C1. The van der Waals surface area contributed by atoms with Gasteiger partial charge in [0.15, 0.2) is 0 Å². The van der Waals surface area contributed by atoms with Gasteiger partial charge in [0, 0.05) is 24.4 Å². The molecule has 0 aliphatic heterocycles. The third-order valence-corrected chi connectivity index (χ3v) is 3.23. The largest absolute Gasteiger partial charge is 0.378 e. The van der Waals surface area contributed by atoms with Crippen molar-refractivity contribution < 1.29 is 4.74 Å². The highest BCUT2D eigenvalue weighted by Crippen LogP contribution is 2.26. The number of nitrogens with one attached hydrogen (secondary N) is 1. The van der Waals surface area contributed by atoms with Gasteiger partial charge >= 0.3 is 0 Å². The number of anilines is 1. The van der Waals surface area contributed by atoms with E-state index in [1.807, 2.05) is 19.9 Å². The van der Waals surface area contributed by atoms with E-state index in [0.717, 1.165) is 31.0 Å². The Kier molecular flexibility index (Phi) is 2.87. The fraction of sp³-hybridized carbons (Fsp3) is 0.583. The first-order chi connectivity index (χ1) is 8.76. The van der Waals surface area contributed by atoms with Crippen LogP contribution >= 0.6 is 0 Å². The summed E-state index contributed by atoms with van der Waals surface area (Å²) in [7, 11) is 0. The lowest BCUT2D eigenvalue weighted by atomic mass is 9.89. The number of aryl methyl sites for hydroxylation is 1. The second kappa shape index (κ2) is 4.53. The number of aromatic nitrogens is 4. The molecule has 0 aromatic carbocycles. The molecular weight excluding hydrogens is 230 g/mol. The Morgan fingerprint density at radius 3 is 3.11 bits per heavy atom. The van der Waals surface area contributed by atoms with Crippen molar-refractivity contribution in [3.8, 4) is 0 Å². The van der Waals surface area contributed by atoms with Crippen molar-refractivity contribution in [2.45, 2.75) is 38.8 Å². The minimum atomic E-state index is 0.404. The zero-order valence-electron chi connectivity index (χ0n) is 10.6. The molecular formula is C12H17N5O. The van der Waals surface area contributed by atoms with Gasteiger partial charge in [0.05, 0.1) is 6.10 Å². The van der Waals surface area contributed by atoms with Gasteiger partial charge in [0.2, 0.25) is 0 Å². The number of fused-ring (bicyclic) bond motifs is 1. The summed E-state index contributed by atoms with van der Waals surface area (Å²) >= 11 is 0. The molecule has 0 atom stereocenters. The van der Waals surface area contributed by atoms with Gasteiger partial charge in [-0.15, -0.1) is 0 Å². The third kappa shape index (κ3) is 2.03. The molecule has 1 N–H and O–H groups in total. The summed E-state index contributed by atoms with van der Waals surface area (Å²) < 4.78 is 7.29. The van der Waals surface area contributed by atoms with Crippen LogP contribution in [0.3, 0.4) is 0 Å². The van der Waals surface area contributed by atoms with E-state index < -0.39 is 0 Å². The van der Waals surface area contributed by atoms with Gasteiger partial charge in [-0.05, 0) is 26.7 Å². The van der Waals surface area contributed by atoms with Crippen molar-refractivity contribution in [1.82, 2.24) is 19.6 Å². The third-order valence-electron chi connectivity index (χ3n) is 3.23. The highest BCUT2D eigenvalue weighted by Gasteiger charge is 2.29. The molecule has 2 heterocycles. The van der Waals surface area contributed by atoms with Crippen LogP contribution in [-0.4, -0.2) is 38.3 Å². The van der Waals surface area contributed by atoms with Crippen LogP contribution in [0.1, 0.15) is 25.5 Å². The molecule has 96 valence electrons. The molecule has 1 fully saturated rings. The van der Waals surface area contributed by atoms with Gasteiger partial charge in [-0.2, -0.15) is 14.6 Å². The van der Waals surface area contributed by atoms with E-state index in [0.29, 0.717) is 17.9 Å². The number of hydrogen-bond acceptors (Lipinski definition) is 5. The first-order valence-electron chi connectivity index (χ1n) is 6.31. The van der Waals surface area contributed by atoms with Crippen molar-refractivity contribution in [3.63, 3.8) is 0 Å². The minimum Gasteiger partial charge on any atom is -0.378 e. The molecule has 0 saturated heterocycles. The Hall–Kier alpha value is -1.69. The van der Waals surface area contributed by atoms with Gasteiger partial charge < -0.3 is 10.1 Å². The average molecular weight is 247 g/mol. The van der Waals surface area contributed by atoms with E-state index in [1.54, 1.807) is 4.52 Å². The molecule has 2 aromatic heterocycles. The van der Waals surface area contributed by atoms with Crippen molar-refractivity contribution in [3.05, 3.63) is 18.1 Å². The standard InChI is InChI=1S/C12H17N5O/c1-3-18-10-5-9(6-10)16-11-4-8(2)15-12-13-7-14-17(11)12/h4,7,9-10,16H,3,5-6H2,1-2H3. The van der Waals surface area contributed by atoms with Gasteiger partial charge in [-0.1, -0.05) is 0 Å². The molecule has 1 aliphatic rings. The minimum absolute atomic E-state index is 0.404. The summed E-state index contributed by atoms with van der Waals surface area (Å²) in [5.41, 5.74) is 0.943. The second-order valence-corrected chi connectivity index (χ2v) is 4.64. The number of nitrogens with zero attached hydrogens (tertiary/aromatic N) is 4. The fourth-order valence-corrected chi connectivity index (χ4v) is 2.30. The topological polar surface area (TPSA) is 64.3 Å². The smallest absolute Gasteiger partial charge is 0.254 e. The van der Waals surface area contributed by atoms with Crippen LogP contribution in [0, 0.1) is 6.92 Å². The van der Waals surface area contributed by atoms with E-state index in [2.05, 4.69) is 20.4 Å². The Balaban J connectivity index is 1.73. The Bertz CT molecular complexity index is 546. The molecule has 18 heavy (non-hydrogen) atoms. The normalized spacial score (nSPS) is 23.0. The lowest BCUT2D eigenvalue weighted by Crippen LogP contribution is -2.41. The van der Waals surface area contributed by atoms with E-state index >= 15 is 0 Å². The lowest BCUT2D eigenvalue weighted by molar-refractivity contribution is 0.00289. The maximum Gasteiger partial charge on any atom is 0.254 e. The lowest BCUT2D eigenvalue weighted by Gasteiger charge is -2.35. The van der Waals surface area contributed by atoms with Gasteiger partial charge in [0.1, 0.15) is 12.1 Å². The predicted octanol–water partition coefficient (Wildman–Crippen LogP) is 1.41. The van der Waals surface area contributed by atoms with Crippen LogP contribution in [0.2, 0.25) is 0 Å². The Morgan fingerprint density at radius 2 is 2.33 bits per heavy atom. The van der Waals surface area contributed by atoms with E-state index in [1.165, 1.54) is 6.33 Å². The number of ether oxygens (including phenoxy) is 1. The highest BCUT2D eigenvalue weighted by atomic mass is 16.5. The number of hydrogen-bond donors (Lipinski definition) is 1. The molecule has 1 saturated carbocycles. The molecule has 1 aliphatic carbocycles. The van der Waals surface area contributed by atoms with Crippen LogP contribution in [-0.2, 0) is 4.74 Å². The van der Waals surface area contributed by atoms with E-state index in [9.17, 15) is 0 Å². The van der Waals surface area contributed by atoms with Gasteiger partial charge in [-0.25, -0.2) is 4.98 Å². The molecule has 2 aromatic rings. The maximum absolute atomic E-state index is 5.55. The van der Waals surface area contributed by atoms with Gasteiger partial charge in [0.25, 0.3) is 5.78 Å².